The molecule has 1 fully saturated rings. The summed E-state index contributed by atoms with van der Waals surface area (Å²) >= 11 is 3.39. The second-order valence-corrected chi connectivity index (χ2v) is 7.88. The summed E-state index contributed by atoms with van der Waals surface area (Å²) in [6.45, 7) is 10.3. The van der Waals surface area contributed by atoms with Gasteiger partial charge in [0.1, 0.15) is 11.5 Å². The molecule has 0 radical (unpaired) electrons. The highest BCUT2D eigenvalue weighted by molar-refractivity contribution is 9.10. The monoisotopic (exact) mass is 418 g/mol. The lowest BCUT2D eigenvalue weighted by Gasteiger charge is -2.25. The molecule has 140 valence electrons. The largest absolute Gasteiger partial charge is 0.355 e. The van der Waals surface area contributed by atoms with Gasteiger partial charge in [0.2, 0.25) is 5.78 Å². The average molecular weight is 419 g/mol. The third-order valence-corrected chi connectivity index (χ3v) is 5.28. The number of aryl methyl sites for hydroxylation is 1. The predicted octanol–water partition coefficient (Wildman–Crippen LogP) is 3.95. The summed E-state index contributed by atoms with van der Waals surface area (Å²) in [6, 6.07) is 8.06. The zero-order valence-electron chi connectivity index (χ0n) is 15.6. The van der Waals surface area contributed by atoms with Crippen LogP contribution in [0.25, 0.3) is 0 Å². The van der Waals surface area contributed by atoms with Gasteiger partial charge in [-0.3, -0.25) is 14.7 Å². The summed E-state index contributed by atoms with van der Waals surface area (Å²) < 4.78 is 0.795. The maximum absolute atomic E-state index is 12.9. The molecule has 0 aromatic carbocycles. The molecule has 1 saturated heterocycles. The van der Waals surface area contributed by atoms with E-state index in [0.29, 0.717) is 23.0 Å². The molecule has 26 heavy (non-hydrogen) atoms. The summed E-state index contributed by atoms with van der Waals surface area (Å²) in [5, 5.41) is 0. The van der Waals surface area contributed by atoms with E-state index >= 15 is 0 Å². The number of hydrogen-bond acceptors (Lipinski definition) is 5. The molecule has 3 heterocycles. The highest BCUT2D eigenvalue weighted by Gasteiger charge is 2.20. The molecule has 5 nitrogen and oxygen atoms in total. The van der Waals surface area contributed by atoms with Crippen molar-refractivity contribution < 1.29 is 6.22 Å². The van der Waals surface area contributed by atoms with Gasteiger partial charge in [-0.2, -0.15) is 0 Å². The Balaban J connectivity index is 0.00000261. The molecule has 0 N–H and O–H groups in total. The smallest absolute Gasteiger partial charge is 0.213 e. The van der Waals surface area contributed by atoms with Crippen molar-refractivity contribution in [1.82, 2.24) is 14.9 Å². The van der Waals surface area contributed by atoms with Crippen molar-refractivity contribution in [3.05, 3.63) is 51.9 Å². The van der Waals surface area contributed by atoms with Gasteiger partial charge in [-0.25, -0.2) is 4.98 Å². The number of hydrogen-bond donors (Lipinski definition) is 0. The van der Waals surface area contributed by atoms with E-state index in [4.69, 9.17) is 0 Å². The zero-order valence-corrected chi connectivity index (χ0v) is 17.2. The van der Waals surface area contributed by atoms with Crippen LogP contribution >= 0.6 is 15.9 Å². The first-order valence-electron chi connectivity index (χ1n) is 9.08. The maximum Gasteiger partial charge on any atom is 0.213 e. The van der Waals surface area contributed by atoms with Crippen LogP contribution in [0.3, 0.4) is 0 Å². The fourth-order valence-corrected chi connectivity index (χ4v) is 3.62. The van der Waals surface area contributed by atoms with Gasteiger partial charge in [0.25, 0.3) is 0 Å². The molecule has 0 amide bonds. The van der Waals surface area contributed by atoms with Gasteiger partial charge in [-0.05, 0) is 61.3 Å². The average Bonchev–Trinajstić information content (AvgIpc) is 2.89. The van der Waals surface area contributed by atoms with Gasteiger partial charge in [-0.15, -0.1) is 0 Å². The van der Waals surface area contributed by atoms with E-state index in [2.05, 4.69) is 49.5 Å². The van der Waals surface area contributed by atoms with Gasteiger partial charge >= 0.3 is 0 Å². The van der Waals surface area contributed by atoms with E-state index in [0.717, 1.165) is 42.9 Å². The van der Waals surface area contributed by atoms with Crippen LogP contribution in [-0.4, -0.2) is 52.9 Å². The zero-order chi connectivity index (χ0) is 18.7. The van der Waals surface area contributed by atoms with Crippen molar-refractivity contribution in [2.75, 3.05) is 31.1 Å². The second kappa shape index (κ2) is 8.27. The fourth-order valence-electron chi connectivity index (χ4n) is 3.28. The number of halogens is 1. The van der Waals surface area contributed by atoms with E-state index in [9.17, 15) is 4.79 Å². The Morgan fingerprint density at radius 3 is 2.81 bits per heavy atom. The molecule has 2 aromatic rings. The minimum absolute atomic E-state index is 0. The van der Waals surface area contributed by atoms with Gasteiger partial charge < -0.3 is 4.90 Å². The SMILES string of the molecule is Cc1ncc(Br)cc1C(=O)c1cccc(N2CCCN(C(C)C)CC2)n1.[HH]. The number of anilines is 1. The van der Waals surface area contributed by atoms with Crippen LogP contribution in [0, 0.1) is 6.92 Å². The normalized spacial score (nSPS) is 16.0. The van der Waals surface area contributed by atoms with Crippen molar-refractivity contribution in [1.29, 1.82) is 0 Å². The third-order valence-electron chi connectivity index (χ3n) is 4.85. The van der Waals surface area contributed by atoms with E-state index in [1.807, 2.05) is 25.1 Å². The van der Waals surface area contributed by atoms with Crippen molar-refractivity contribution in [3.63, 3.8) is 0 Å². The summed E-state index contributed by atoms with van der Waals surface area (Å²) in [6.07, 6.45) is 2.81. The summed E-state index contributed by atoms with van der Waals surface area (Å²) in [5.41, 5.74) is 1.77. The van der Waals surface area contributed by atoms with Crippen LogP contribution in [0.15, 0.2) is 34.9 Å². The number of ketones is 1. The van der Waals surface area contributed by atoms with E-state index in [1.165, 1.54) is 0 Å². The Morgan fingerprint density at radius 2 is 2.04 bits per heavy atom. The van der Waals surface area contributed by atoms with Crippen LogP contribution in [0.5, 0.6) is 0 Å². The first-order valence-corrected chi connectivity index (χ1v) is 9.88. The van der Waals surface area contributed by atoms with Gasteiger partial charge in [0, 0.05) is 55.6 Å². The molecular formula is C20H27BrN4O. The lowest BCUT2D eigenvalue weighted by molar-refractivity contribution is 0.103. The number of carbonyl (C=O) groups is 1. The molecule has 1 aliphatic heterocycles. The molecule has 2 aromatic heterocycles. The molecule has 0 bridgehead atoms. The molecule has 3 rings (SSSR count). The molecule has 0 saturated carbocycles. The minimum Gasteiger partial charge on any atom is -0.355 e. The number of pyridine rings is 2. The molecule has 0 unspecified atom stereocenters. The highest BCUT2D eigenvalue weighted by atomic mass is 79.9. The molecular weight excluding hydrogens is 392 g/mol. The lowest BCUT2D eigenvalue weighted by atomic mass is 10.1. The molecule has 0 atom stereocenters. The first-order chi connectivity index (χ1) is 12.5. The fraction of sp³-hybridized carbons (Fsp3) is 0.450. The molecule has 1 aliphatic rings. The number of rotatable bonds is 4. The van der Waals surface area contributed by atoms with Crippen molar-refractivity contribution in [3.8, 4) is 0 Å². The Labute approximate surface area is 165 Å². The van der Waals surface area contributed by atoms with Gasteiger partial charge in [0.15, 0.2) is 0 Å². The summed E-state index contributed by atoms with van der Waals surface area (Å²) in [5.74, 6) is 0.791. The second-order valence-electron chi connectivity index (χ2n) is 6.97. The number of carbonyl (C=O) groups excluding carboxylic acids is 1. The van der Waals surface area contributed by atoms with E-state index < -0.39 is 0 Å². The minimum atomic E-state index is -0.0863. The number of aromatic nitrogens is 2. The Bertz CT molecular complexity index is 799. The van der Waals surface area contributed by atoms with Crippen LogP contribution in [0.4, 0.5) is 5.82 Å². The summed E-state index contributed by atoms with van der Waals surface area (Å²) in [4.78, 5) is 26.6. The standard InChI is InChI=1S/C20H25BrN4O.H2/c1-14(2)24-8-5-9-25(11-10-24)19-7-4-6-18(23-19)20(26)17-12-16(21)13-22-15(17)3;/h4,6-7,12-14H,5,8-11H2,1-3H3;1H. The number of nitrogens with zero attached hydrogens (tertiary/aromatic N) is 4. The molecule has 0 aliphatic carbocycles. The van der Waals surface area contributed by atoms with Crippen molar-refractivity contribution >= 4 is 27.5 Å². The van der Waals surface area contributed by atoms with Crippen LogP contribution < -0.4 is 4.90 Å². The van der Waals surface area contributed by atoms with Gasteiger partial charge in [0.05, 0.1) is 0 Å². The van der Waals surface area contributed by atoms with E-state index in [-0.39, 0.29) is 7.21 Å². The third kappa shape index (κ3) is 4.30. The molecule has 0 spiro atoms. The first kappa shape index (κ1) is 19.0. The van der Waals surface area contributed by atoms with Gasteiger partial charge in [-0.1, -0.05) is 6.07 Å². The quantitative estimate of drug-likeness (QED) is 0.703. The van der Waals surface area contributed by atoms with Crippen molar-refractivity contribution in [2.24, 2.45) is 0 Å². The van der Waals surface area contributed by atoms with Crippen LogP contribution in [-0.2, 0) is 0 Å². The summed E-state index contributed by atoms with van der Waals surface area (Å²) in [7, 11) is 0. The Hall–Kier alpha value is -1.79. The molecule has 6 heteroatoms. The Kier molecular flexibility index (Phi) is 6.04. The highest BCUT2D eigenvalue weighted by Crippen LogP contribution is 2.20. The predicted molar refractivity (Wildman–Crippen MR) is 110 cm³/mol. The Morgan fingerprint density at radius 1 is 1.23 bits per heavy atom. The maximum atomic E-state index is 12.9. The topological polar surface area (TPSA) is 49.3 Å². The van der Waals surface area contributed by atoms with Crippen LogP contribution in [0.1, 0.15) is 43.4 Å². The van der Waals surface area contributed by atoms with Crippen LogP contribution in [0.2, 0.25) is 0 Å². The van der Waals surface area contributed by atoms with E-state index in [1.54, 1.807) is 12.3 Å². The lowest BCUT2D eigenvalue weighted by Crippen LogP contribution is -2.35. The van der Waals surface area contributed by atoms with Crippen molar-refractivity contribution in [2.45, 2.75) is 33.2 Å².